The molecule has 0 saturated carbocycles. The van der Waals surface area contributed by atoms with E-state index >= 15 is 0 Å². The van der Waals surface area contributed by atoms with Gasteiger partial charge in [0.1, 0.15) is 0 Å². The van der Waals surface area contributed by atoms with Crippen LogP contribution < -0.4 is 0 Å². The Morgan fingerprint density at radius 1 is 1.48 bits per heavy atom. The topological polar surface area (TPSA) is 38.0 Å². The number of aryl methyl sites for hydroxylation is 2. The van der Waals surface area contributed by atoms with Gasteiger partial charge in [-0.3, -0.25) is 4.68 Å². The first-order chi connectivity index (χ1) is 10.1. The highest BCUT2D eigenvalue weighted by Gasteiger charge is 2.29. The van der Waals surface area contributed by atoms with E-state index in [-0.39, 0.29) is 5.25 Å². The fourth-order valence-electron chi connectivity index (χ4n) is 2.82. The van der Waals surface area contributed by atoms with Crippen LogP contribution in [0, 0.1) is 6.92 Å². The van der Waals surface area contributed by atoms with Crippen molar-refractivity contribution in [2.75, 3.05) is 0 Å². The molecule has 2 aromatic rings. The Hall–Kier alpha value is -0.970. The van der Waals surface area contributed by atoms with E-state index in [0.29, 0.717) is 11.4 Å². The molecule has 1 aromatic carbocycles. The number of nitrogens with zero attached hydrogens (tertiary/aromatic N) is 2. The van der Waals surface area contributed by atoms with Gasteiger partial charge in [-0.1, -0.05) is 29.8 Å². The number of aliphatic hydroxyl groups excluding tert-OH is 1. The molecule has 1 aliphatic rings. The minimum atomic E-state index is -0.415. The Bertz CT molecular complexity index is 631. The molecule has 0 amide bonds. The lowest BCUT2D eigenvalue weighted by Gasteiger charge is -2.17. The fourth-order valence-corrected chi connectivity index (χ4v) is 4.33. The standard InChI is InChI=1S/C16H19ClN2OS/c1-3-19-12(16(17)10(2)18-19)9-13(20)15-8-11-6-4-5-7-14(11)21-15/h4-7,13,15,20H,3,8-9H2,1-2H3. The van der Waals surface area contributed by atoms with Crippen LogP contribution in [0.4, 0.5) is 0 Å². The number of hydrogen-bond donors (Lipinski definition) is 1. The monoisotopic (exact) mass is 322 g/mol. The molecule has 21 heavy (non-hydrogen) atoms. The summed E-state index contributed by atoms with van der Waals surface area (Å²) in [6.07, 6.45) is 1.05. The summed E-state index contributed by atoms with van der Waals surface area (Å²) in [6.45, 7) is 4.72. The van der Waals surface area contributed by atoms with Crippen molar-refractivity contribution in [3.05, 3.63) is 46.2 Å². The third kappa shape index (κ3) is 2.85. The summed E-state index contributed by atoms with van der Waals surface area (Å²) in [6, 6.07) is 8.37. The number of halogens is 1. The van der Waals surface area contributed by atoms with Crippen molar-refractivity contribution in [3.63, 3.8) is 0 Å². The third-order valence-corrected chi connectivity index (χ3v) is 5.88. The van der Waals surface area contributed by atoms with Crippen molar-refractivity contribution in [3.8, 4) is 0 Å². The number of thioether (sulfide) groups is 1. The normalized spacial score (nSPS) is 18.8. The summed E-state index contributed by atoms with van der Waals surface area (Å²) in [5, 5.41) is 15.9. The van der Waals surface area contributed by atoms with Crippen LogP contribution in [-0.2, 0) is 19.4 Å². The maximum Gasteiger partial charge on any atom is 0.0848 e. The summed E-state index contributed by atoms with van der Waals surface area (Å²) >= 11 is 8.10. The lowest BCUT2D eigenvalue weighted by Crippen LogP contribution is -2.26. The zero-order valence-electron chi connectivity index (χ0n) is 12.2. The molecule has 3 rings (SSSR count). The van der Waals surface area contributed by atoms with Gasteiger partial charge >= 0.3 is 0 Å². The van der Waals surface area contributed by atoms with Gasteiger partial charge in [-0.2, -0.15) is 5.10 Å². The molecule has 5 heteroatoms. The van der Waals surface area contributed by atoms with Gasteiger partial charge in [0.2, 0.25) is 0 Å². The molecule has 0 spiro atoms. The number of hydrogen-bond acceptors (Lipinski definition) is 3. The lowest BCUT2D eigenvalue weighted by atomic mass is 10.0. The Balaban J connectivity index is 1.75. The number of benzene rings is 1. The SMILES string of the molecule is CCn1nc(C)c(Cl)c1CC(O)C1Cc2ccccc2S1. The molecule has 112 valence electrons. The highest BCUT2D eigenvalue weighted by atomic mass is 35.5. The molecule has 0 saturated heterocycles. The predicted octanol–water partition coefficient (Wildman–Crippen LogP) is 3.49. The highest BCUT2D eigenvalue weighted by molar-refractivity contribution is 8.00. The summed E-state index contributed by atoms with van der Waals surface area (Å²) in [4.78, 5) is 1.29. The second-order valence-electron chi connectivity index (χ2n) is 5.40. The van der Waals surface area contributed by atoms with Gasteiger partial charge in [0.05, 0.1) is 22.5 Å². The third-order valence-electron chi connectivity index (χ3n) is 3.96. The first-order valence-corrected chi connectivity index (χ1v) is 8.50. The summed E-state index contributed by atoms with van der Waals surface area (Å²) in [5.41, 5.74) is 3.11. The minimum Gasteiger partial charge on any atom is -0.392 e. The molecule has 1 aromatic heterocycles. The van der Waals surface area contributed by atoms with Crippen molar-refractivity contribution < 1.29 is 5.11 Å². The maximum absolute atomic E-state index is 10.6. The van der Waals surface area contributed by atoms with E-state index in [4.69, 9.17) is 11.6 Å². The van der Waals surface area contributed by atoms with Crippen molar-refractivity contribution in [1.29, 1.82) is 0 Å². The zero-order valence-corrected chi connectivity index (χ0v) is 13.8. The molecule has 1 N–H and O–H groups in total. The molecule has 0 radical (unpaired) electrons. The molecule has 1 aliphatic heterocycles. The predicted molar refractivity (Wildman–Crippen MR) is 87.1 cm³/mol. The molecule has 0 fully saturated rings. The van der Waals surface area contributed by atoms with E-state index in [2.05, 4.69) is 23.3 Å². The van der Waals surface area contributed by atoms with Crippen molar-refractivity contribution >= 4 is 23.4 Å². The molecule has 2 unspecified atom stereocenters. The van der Waals surface area contributed by atoms with Gasteiger partial charge in [-0.15, -0.1) is 11.8 Å². The van der Waals surface area contributed by atoms with Crippen LogP contribution in [0.5, 0.6) is 0 Å². The van der Waals surface area contributed by atoms with Crippen LogP contribution in [-0.4, -0.2) is 26.2 Å². The molecule has 2 atom stereocenters. The van der Waals surface area contributed by atoms with E-state index in [1.54, 1.807) is 11.8 Å². The molecule has 3 nitrogen and oxygen atoms in total. The molecular formula is C16H19ClN2OS. The Morgan fingerprint density at radius 3 is 2.95 bits per heavy atom. The number of aliphatic hydroxyl groups is 1. The summed E-state index contributed by atoms with van der Waals surface area (Å²) in [5.74, 6) is 0. The average Bonchev–Trinajstić information content (AvgIpc) is 3.03. The van der Waals surface area contributed by atoms with Gasteiger partial charge in [0.25, 0.3) is 0 Å². The van der Waals surface area contributed by atoms with Crippen LogP contribution >= 0.6 is 23.4 Å². The first kappa shape index (κ1) is 14.9. The largest absolute Gasteiger partial charge is 0.392 e. The quantitative estimate of drug-likeness (QED) is 0.936. The Kier molecular flexibility index (Phi) is 4.29. The first-order valence-electron chi connectivity index (χ1n) is 7.24. The maximum atomic E-state index is 10.6. The van der Waals surface area contributed by atoms with E-state index in [1.165, 1.54) is 10.5 Å². The van der Waals surface area contributed by atoms with Crippen molar-refractivity contribution in [2.24, 2.45) is 0 Å². The summed E-state index contributed by atoms with van der Waals surface area (Å²) in [7, 11) is 0. The second kappa shape index (κ2) is 6.03. The molecule has 0 aliphatic carbocycles. The summed E-state index contributed by atoms with van der Waals surface area (Å²) < 4.78 is 1.90. The van der Waals surface area contributed by atoms with E-state index in [9.17, 15) is 5.11 Å². The van der Waals surface area contributed by atoms with E-state index in [0.717, 1.165) is 24.4 Å². The van der Waals surface area contributed by atoms with E-state index in [1.807, 2.05) is 24.6 Å². The zero-order chi connectivity index (χ0) is 15.0. The Labute approximate surface area is 134 Å². The molecule has 0 bridgehead atoms. The highest BCUT2D eigenvalue weighted by Crippen LogP contribution is 2.39. The smallest absolute Gasteiger partial charge is 0.0848 e. The van der Waals surface area contributed by atoms with Gasteiger partial charge in [0, 0.05) is 23.1 Å². The number of fused-ring (bicyclic) bond motifs is 1. The van der Waals surface area contributed by atoms with Gasteiger partial charge in [0.15, 0.2) is 0 Å². The molecule has 2 heterocycles. The van der Waals surface area contributed by atoms with E-state index < -0.39 is 6.10 Å². The molecular weight excluding hydrogens is 304 g/mol. The van der Waals surface area contributed by atoms with Crippen LogP contribution in [0.2, 0.25) is 5.02 Å². The minimum absolute atomic E-state index is 0.193. The van der Waals surface area contributed by atoms with Crippen molar-refractivity contribution in [1.82, 2.24) is 9.78 Å². The number of rotatable bonds is 4. The van der Waals surface area contributed by atoms with Crippen molar-refractivity contribution in [2.45, 2.75) is 49.5 Å². The lowest BCUT2D eigenvalue weighted by molar-refractivity contribution is 0.169. The Morgan fingerprint density at radius 2 is 2.24 bits per heavy atom. The van der Waals surface area contributed by atoms with Crippen LogP contribution in [0.1, 0.15) is 23.9 Å². The van der Waals surface area contributed by atoms with Crippen LogP contribution in [0.3, 0.4) is 0 Å². The van der Waals surface area contributed by atoms with Gasteiger partial charge in [-0.05, 0) is 31.9 Å². The van der Waals surface area contributed by atoms with Crippen LogP contribution in [0.15, 0.2) is 29.2 Å². The number of aromatic nitrogens is 2. The van der Waals surface area contributed by atoms with Gasteiger partial charge in [-0.25, -0.2) is 0 Å². The second-order valence-corrected chi connectivity index (χ2v) is 7.06. The average molecular weight is 323 g/mol. The van der Waals surface area contributed by atoms with Gasteiger partial charge < -0.3 is 5.11 Å². The van der Waals surface area contributed by atoms with Crippen LogP contribution in [0.25, 0.3) is 0 Å². The fraction of sp³-hybridized carbons (Fsp3) is 0.438.